The van der Waals surface area contributed by atoms with Crippen molar-refractivity contribution in [1.82, 2.24) is 10.6 Å². The van der Waals surface area contributed by atoms with Crippen molar-refractivity contribution in [2.75, 3.05) is 13.2 Å². The number of nitrogens with one attached hydrogen (secondary N) is 2. The zero-order valence-corrected chi connectivity index (χ0v) is 13.4. The van der Waals surface area contributed by atoms with Crippen LogP contribution in [0, 0.1) is 0 Å². The summed E-state index contributed by atoms with van der Waals surface area (Å²) in [6.45, 7) is 5.16. The van der Waals surface area contributed by atoms with Crippen LogP contribution in [0.5, 0.6) is 5.75 Å². The summed E-state index contributed by atoms with van der Waals surface area (Å²) in [4.78, 5) is 12.1. The van der Waals surface area contributed by atoms with Crippen LogP contribution < -0.4 is 15.4 Å². The molecule has 0 aliphatic heterocycles. The summed E-state index contributed by atoms with van der Waals surface area (Å²) in [6, 6.07) is 5.32. The molecule has 0 saturated heterocycles. The molecular weight excluding hydrogens is 328 g/mol. The predicted octanol–water partition coefficient (Wildman–Crippen LogP) is 2.86. The maximum absolute atomic E-state index is 12.1. The Morgan fingerprint density at radius 3 is 2.79 bits per heavy atom. The lowest BCUT2D eigenvalue weighted by atomic mass is 10.2. The van der Waals surface area contributed by atoms with Crippen molar-refractivity contribution < 1.29 is 9.53 Å². The number of halogens is 1. The Balaban J connectivity index is 2.87. The first kappa shape index (κ1) is 15.9. The minimum absolute atomic E-state index is 0.279. The highest BCUT2D eigenvalue weighted by atomic mass is 79.9. The van der Waals surface area contributed by atoms with Crippen LogP contribution in [0.25, 0.3) is 0 Å². The number of amides is 1. The fourth-order valence-corrected chi connectivity index (χ4v) is 1.99. The Morgan fingerprint density at radius 2 is 2.16 bits per heavy atom. The molecule has 1 aromatic carbocycles. The normalized spacial score (nSPS) is 9.84. The second kappa shape index (κ2) is 8.12. The van der Waals surface area contributed by atoms with Gasteiger partial charge < -0.3 is 10.1 Å². The van der Waals surface area contributed by atoms with Gasteiger partial charge in [0.1, 0.15) is 5.75 Å². The molecule has 0 aromatic heterocycles. The quantitative estimate of drug-likeness (QED) is 0.806. The van der Waals surface area contributed by atoms with E-state index in [1.54, 1.807) is 12.1 Å². The van der Waals surface area contributed by atoms with Gasteiger partial charge in [-0.2, -0.15) is 0 Å². The van der Waals surface area contributed by atoms with E-state index in [0.29, 0.717) is 29.6 Å². The molecule has 1 amide bonds. The molecule has 2 N–H and O–H groups in total. The lowest BCUT2D eigenvalue weighted by Gasteiger charge is -2.12. The van der Waals surface area contributed by atoms with Crippen LogP contribution in [-0.4, -0.2) is 24.2 Å². The van der Waals surface area contributed by atoms with Crippen LogP contribution >= 0.6 is 28.1 Å². The second-order valence-corrected chi connectivity index (χ2v) is 5.13. The Morgan fingerprint density at radius 1 is 1.42 bits per heavy atom. The minimum Gasteiger partial charge on any atom is -0.493 e. The van der Waals surface area contributed by atoms with Gasteiger partial charge in [-0.3, -0.25) is 10.1 Å². The first-order valence-corrected chi connectivity index (χ1v) is 7.30. The molecule has 6 heteroatoms. The molecule has 0 aliphatic carbocycles. The van der Waals surface area contributed by atoms with Crippen LogP contribution in [-0.2, 0) is 0 Å². The van der Waals surface area contributed by atoms with Gasteiger partial charge in [-0.15, -0.1) is 0 Å². The van der Waals surface area contributed by atoms with Gasteiger partial charge in [0.2, 0.25) is 0 Å². The zero-order valence-electron chi connectivity index (χ0n) is 11.0. The standard InChI is InChI=1S/C13H17BrN2O2S/c1-3-7-18-11-6-5-9(14)8-10(11)12(17)16-13(19)15-4-2/h5-6,8H,3-4,7H2,1-2H3,(H2,15,16,17,19). The number of benzene rings is 1. The van der Waals surface area contributed by atoms with E-state index in [9.17, 15) is 4.79 Å². The maximum Gasteiger partial charge on any atom is 0.261 e. The van der Waals surface area contributed by atoms with Gasteiger partial charge >= 0.3 is 0 Å². The van der Waals surface area contributed by atoms with E-state index in [4.69, 9.17) is 17.0 Å². The van der Waals surface area contributed by atoms with Gasteiger partial charge in [-0.25, -0.2) is 0 Å². The van der Waals surface area contributed by atoms with Crippen molar-refractivity contribution in [3.63, 3.8) is 0 Å². The maximum atomic E-state index is 12.1. The lowest BCUT2D eigenvalue weighted by molar-refractivity contribution is 0.0972. The fourth-order valence-electron chi connectivity index (χ4n) is 1.39. The van der Waals surface area contributed by atoms with Crippen LogP contribution in [0.15, 0.2) is 22.7 Å². The van der Waals surface area contributed by atoms with E-state index in [-0.39, 0.29) is 5.91 Å². The summed E-state index contributed by atoms with van der Waals surface area (Å²) in [7, 11) is 0. The van der Waals surface area contributed by atoms with E-state index >= 15 is 0 Å². The van der Waals surface area contributed by atoms with E-state index in [1.807, 2.05) is 19.9 Å². The first-order valence-electron chi connectivity index (χ1n) is 6.10. The second-order valence-electron chi connectivity index (χ2n) is 3.80. The highest BCUT2D eigenvalue weighted by molar-refractivity contribution is 9.10. The number of carbonyl (C=O) groups excluding carboxylic acids is 1. The SMILES string of the molecule is CCCOc1ccc(Br)cc1C(=O)NC(=S)NCC. The smallest absolute Gasteiger partial charge is 0.261 e. The van der Waals surface area contributed by atoms with Crippen molar-refractivity contribution in [2.24, 2.45) is 0 Å². The van der Waals surface area contributed by atoms with Crippen molar-refractivity contribution in [3.05, 3.63) is 28.2 Å². The third-order valence-electron chi connectivity index (χ3n) is 2.21. The molecule has 0 fully saturated rings. The molecule has 0 atom stereocenters. The van der Waals surface area contributed by atoms with Crippen molar-refractivity contribution in [1.29, 1.82) is 0 Å². The summed E-state index contributed by atoms with van der Waals surface area (Å²) >= 11 is 8.34. The highest BCUT2D eigenvalue weighted by Crippen LogP contribution is 2.23. The number of carbonyl (C=O) groups is 1. The van der Waals surface area contributed by atoms with Gasteiger partial charge in [0, 0.05) is 11.0 Å². The summed E-state index contributed by atoms with van der Waals surface area (Å²) in [5.41, 5.74) is 0.461. The van der Waals surface area contributed by atoms with E-state index in [0.717, 1.165) is 10.9 Å². The number of ether oxygens (including phenoxy) is 1. The largest absolute Gasteiger partial charge is 0.493 e. The first-order chi connectivity index (χ1) is 9.08. The predicted molar refractivity (Wildman–Crippen MR) is 83.7 cm³/mol. The zero-order chi connectivity index (χ0) is 14.3. The summed E-state index contributed by atoms with van der Waals surface area (Å²) < 4.78 is 6.37. The van der Waals surface area contributed by atoms with E-state index in [2.05, 4.69) is 26.6 Å². The lowest BCUT2D eigenvalue weighted by Crippen LogP contribution is -2.39. The number of rotatable bonds is 5. The molecule has 104 valence electrons. The van der Waals surface area contributed by atoms with Crippen LogP contribution in [0.1, 0.15) is 30.6 Å². The average Bonchev–Trinajstić information content (AvgIpc) is 2.37. The minimum atomic E-state index is -0.279. The molecule has 0 aliphatic rings. The Bertz CT molecular complexity index is 466. The summed E-state index contributed by atoms with van der Waals surface area (Å²) in [5.74, 6) is 0.278. The Kier molecular flexibility index (Phi) is 6.80. The van der Waals surface area contributed by atoms with Crippen LogP contribution in [0.3, 0.4) is 0 Å². The molecule has 0 radical (unpaired) electrons. The molecule has 4 nitrogen and oxygen atoms in total. The summed E-state index contributed by atoms with van der Waals surface area (Å²) in [6.07, 6.45) is 0.882. The molecule has 0 unspecified atom stereocenters. The molecule has 1 rings (SSSR count). The van der Waals surface area contributed by atoms with Crippen LogP contribution in [0.2, 0.25) is 0 Å². The van der Waals surface area contributed by atoms with Gasteiger partial charge in [0.25, 0.3) is 5.91 Å². The summed E-state index contributed by atoms with van der Waals surface area (Å²) in [5, 5.41) is 5.81. The van der Waals surface area contributed by atoms with Gasteiger partial charge in [0.15, 0.2) is 5.11 Å². The third kappa shape index (κ3) is 5.16. The van der Waals surface area contributed by atoms with Crippen LogP contribution in [0.4, 0.5) is 0 Å². The van der Waals surface area contributed by atoms with Crippen molar-refractivity contribution >= 4 is 39.2 Å². The molecule has 0 spiro atoms. The number of hydrogen-bond acceptors (Lipinski definition) is 3. The molecule has 0 heterocycles. The topological polar surface area (TPSA) is 50.4 Å². The Hall–Kier alpha value is -1.14. The monoisotopic (exact) mass is 344 g/mol. The number of hydrogen-bond donors (Lipinski definition) is 2. The van der Waals surface area contributed by atoms with Gasteiger partial charge in [-0.05, 0) is 43.8 Å². The van der Waals surface area contributed by atoms with Gasteiger partial charge in [-0.1, -0.05) is 22.9 Å². The third-order valence-corrected chi connectivity index (χ3v) is 2.95. The van der Waals surface area contributed by atoms with Crippen molar-refractivity contribution in [3.8, 4) is 5.75 Å². The Labute approximate surface area is 127 Å². The molecule has 0 saturated carbocycles. The van der Waals surface area contributed by atoms with Gasteiger partial charge in [0.05, 0.1) is 12.2 Å². The van der Waals surface area contributed by atoms with E-state index in [1.165, 1.54) is 0 Å². The highest BCUT2D eigenvalue weighted by Gasteiger charge is 2.14. The molecule has 1 aromatic rings. The molecular formula is C13H17BrN2O2S. The van der Waals surface area contributed by atoms with E-state index < -0.39 is 0 Å². The average molecular weight is 345 g/mol. The fraction of sp³-hybridized carbons (Fsp3) is 0.385. The molecule has 19 heavy (non-hydrogen) atoms. The van der Waals surface area contributed by atoms with Crippen molar-refractivity contribution in [2.45, 2.75) is 20.3 Å². The molecule has 0 bridgehead atoms. The number of thiocarbonyl (C=S) groups is 1.